The number of carbonyl (C=O) groups excluding carboxylic acids is 1. The van der Waals surface area contributed by atoms with Gasteiger partial charge in [0.1, 0.15) is 0 Å². The predicted molar refractivity (Wildman–Crippen MR) is 76.8 cm³/mol. The third-order valence-corrected chi connectivity index (χ3v) is 4.36. The van der Waals surface area contributed by atoms with Crippen LogP contribution in [0.3, 0.4) is 0 Å². The van der Waals surface area contributed by atoms with Crippen molar-refractivity contribution in [2.24, 2.45) is 5.92 Å². The van der Waals surface area contributed by atoms with Crippen molar-refractivity contribution in [3.8, 4) is 0 Å². The molecule has 0 radical (unpaired) electrons. The number of benzene rings is 1. The van der Waals surface area contributed by atoms with E-state index >= 15 is 0 Å². The van der Waals surface area contributed by atoms with Gasteiger partial charge in [-0.05, 0) is 49.8 Å². The van der Waals surface area contributed by atoms with Crippen LogP contribution >= 0.6 is 23.2 Å². The summed E-state index contributed by atoms with van der Waals surface area (Å²) in [4.78, 5) is 12.1. The summed E-state index contributed by atoms with van der Waals surface area (Å²) in [6.45, 7) is 0.244. The zero-order valence-electron chi connectivity index (χ0n) is 10.5. The van der Waals surface area contributed by atoms with Crippen molar-refractivity contribution in [2.45, 2.75) is 31.7 Å². The fourth-order valence-electron chi connectivity index (χ4n) is 2.40. The largest absolute Gasteiger partial charge is 0.396 e. The van der Waals surface area contributed by atoms with Crippen molar-refractivity contribution in [2.75, 3.05) is 6.61 Å². The maximum absolute atomic E-state index is 12.1. The topological polar surface area (TPSA) is 49.3 Å². The van der Waals surface area contributed by atoms with E-state index in [0.717, 1.165) is 25.7 Å². The van der Waals surface area contributed by atoms with Crippen molar-refractivity contribution >= 4 is 29.1 Å². The highest BCUT2D eigenvalue weighted by Crippen LogP contribution is 2.25. The third-order valence-electron chi connectivity index (χ3n) is 3.62. The van der Waals surface area contributed by atoms with Crippen LogP contribution in [-0.4, -0.2) is 23.7 Å². The number of carbonyl (C=O) groups is 1. The molecule has 0 bridgehead atoms. The first-order chi connectivity index (χ1) is 9.10. The first kappa shape index (κ1) is 14.6. The first-order valence-electron chi connectivity index (χ1n) is 6.47. The van der Waals surface area contributed by atoms with Crippen molar-refractivity contribution in [3.05, 3.63) is 33.8 Å². The fourth-order valence-corrected chi connectivity index (χ4v) is 2.69. The van der Waals surface area contributed by atoms with E-state index in [1.807, 2.05) is 0 Å². The van der Waals surface area contributed by atoms with Gasteiger partial charge in [-0.15, -0.1) is 0 Å². The minimum Gasteiger partial charge on any atom is -0.396 e. The van der Waals surface area contributed by atoms with Gasteiger partial charge in [-0.3, -0.25) is 4.79 Å². The Morgan fingerprint density at radius 1 is 1.21 bits per heavy atom. The van der Waals surface area contributed by atoms with E-state index in [1.54, 1.807) is 18.2 Å². The van der Waals surface area contributed by atoms with Gasteiger partial charge in [0.25, 0.3) is 5.91 Å². The summed E-state index contributed by atoms with van der Waals surface area (Å²) in [6.07, 6.45) is 3.75. The van der Waals surface area contributed by atoms with Gasteiger partial charge in [0.2, 0.25) is 0 Å². The lowest BCUT2D eigenvalue weighted by Gasteiger charge is -2.28. The molecule has 0 aliphatic heterocycles. The highest BCUT2D eigenvalue weighted by atomic mass is 35.5. The molecule has 0 unspecified atom stereocenters. The van der Waals surface area contributed by atoms with Gasteiger partial charge in [-0.25, -0.2) is 0 Å². The normalized spacial score (nSPS) is 23.1. The Morgan fingerprint density at radius 3 is 2.47 bits per heavy atom. The van der Waals surface area contributed by atoms with Gasteiger partial charge in [0.05, 0.1) is 10.0 Å². The minimum absolute atomic E-state index is 0.119. The molecule has 2 rings (SSSR count). The Labute approximate surface area is 122 Å². The molecule has 1 aromatic rings. The van der Waals surface area contributed by atoms with E-state index in [2.05, 4.69) is 5.32 Å². The molecule has 1 aliphatic carbocycles. The molecule has 0 spiro atoms. The third kappa shape index (κ3) is 3.85. The number of aliphatic hydroxyl groups is 1. The molecule has 0 saturated heterocycles. The first-order valence-corrected chi connectivity index (χ1v) is 7.22. The molecule has 3 nitrogen and oxygen atoms in total. The van der Waals surface area contributed by atoms with Crippen LogP contribution in [0.4, 0.5) is 0 Å². The van der Waals surface area contributed by atoms with Crippen LogP contribution in [-0.2, 0) is 0 Å². The lowest BCUT2D eigenvalue weighted by Crippen LogP contribution is -2.38. The van der Waals surface area contributed by atoms with Crippen LogP contribution in [0, 0.1) is 5.92 Å². The fraction of sp³-hybridized carbons (Fsp3) is 0.500. The molecule has 19 heavy (non-hydrogen) atoms. The summed E-state index contributed by atoms with van der Waals surface area (Å²) in [6, 6.07) is 5.06. The summed E-state index contributed by atoms with van der Waals surface area (Å²) in [5.41, 5.74) is 0.527. The second-order valence-electron chi connectivity index (χ2n) is 5.00. The molecular weight excluding hydrogens is 285 g/mol. The molecule has 1 aliphatic rings. The average molecular weight is 302 g/mol. The molecule has 2 N–H and O–H groups in total. The highest BCUT2D eigenvalue weighted by Gasteiger charge is 2.22. The van der Waals surface area contributed by atoms with Crippen LogP contribution in [0.15, 0.2) is 18.2 Å². The predicted octanol–water partition coefficient (Wildman–Crippen LogP) is 3.27. The number of amides is 1. The summed E-state index contributed by atoms with van der Waals surface area (Å²) in [5, 5.41) is 12.9. The smallest absolute Gasteiger partial charge is 0.251 e. The Morgan fingerprint density at radius 2 is 1.89 bits per heavy atom. The van der Waals surface area contributed by atoms with Gasteiger partial charge in [0.15, 0.2) is 0 Å². The maximum atomic E-state index is 12.1. The van der Waals surface area contributed by atoms with E-state index in [9.17, 15) is 4.79 Å². The lowest BCUT2D eigenvalue weighted by molar-refractivity contribution is 0.0914. The number of hydrogen-bond acceptors (Lipinski definition) is 2. The number of hydrogen-bond donors (Lipinski definition) is 2. The standard InChI is InChI=1S/C14H17Cl2NO2/c15-12-6-3-10(7-13(12)16)14(19)17-11-4-1-9(8-18)2-5-11/h3,6-7,9,11,18H,1-2,4-5,8H2,(H,17,19). The number of aliphatic hydroxyl groups excluding tert-OH is 1. The van der Waals surface area contributed by atoms with Crippen LogP contribution < -0.4 is 5.32 Å². The number of nitrogens with one attached hydrogen (secondary N) is 1. The zero-order valence-corrected chi connectivity index (χ0v) is 12.0. The Bertz CT molecular complexity index is 457. The van der Waals surface area contributed by atoms with Gasteiger partial charge >= 0.3 is 0 Å². The van der Waals surface area contributed by atoms with E-state index < -0.39 is 0 Å². The highest BCUT2D eigenvalue weighted by molar-refractivity contribution is 6.42. The van der Waals surface area contributed by atoms with Crippen LogP contribution in [0.25, 0.3) is 0 Å². The van der Waals surface area contributed by atoms with Crippen LogP contribution in [0.2, 0.25) is 10.0 Å². The molecule has 104 valence electrons. The maximum Gasteiger partial charge on any atom is 0.251 e. The molecular formula is C14H17Cl2NO2. The summed E-state index contributed by atoms with van der Waals surface area (Å²) >= 11 is 11.7. The molecule has 0 aromatic heterocycles. The van der Waals surface area contributed by atoms with Gasteiger partial charge < -0.3 is 10.4 Å². The summed E-state index contributed by atoms with van der Waals surface area (Å²) in [5.74, 6) is 0.268. The number of halogens is 2. The molecule has 1 aromatic carbocycles. The molecule has 0 heterocycles. The van der Waals surface area contributed by atoms with Crippen LogP contribution in [0.5, 0.6) is 0 Å². The number of rotatable bonds is 3. The molecule has 0 atom stereocenters. The SMILES string of the molecule is O=C(NC1CCC(CO)CC1)c1ccc(Cl)c(Cl)c1. The Balaban J connectivity index is 1.92. The van der Waals surface area contributed by atoms with Crippen LogP contribution in [0.1, 0.15) is 36.0 Å². The molecule has 1 saturated carbocycles. The van der Waals surface area contributed by atoms with Gasteiger partial charge in [-0.1, -0.05) is 23.2 Å². The van der Waals surface area contributed by atoms with E-state index in [4.69, 9.17) is 28.3 Å². The molecule has 1 fully saturated rings. The minimum atomic E-state index is -0.119. The van der Waals surface area contributed by atoms with Crippen molar-refractivity contribution in [1.82, 2.24) is 5.32 Å². The molecule has 1 amide bonds. The van der Waals surface area contributed by atoms with Crippen molar-refractivity contribution in [3.63, 3.8) is 0 Å². The van der Waals surface area contributed by atoms with E-state index in [1.165, 1.54) is 0 Å². The second-order valence-corrected chi connectivity index (χ2v) is 5.82. The second kappa shape index (κ2) is 6.60. The van der Waals surface area contributed by atoms with E-state index in [0.29, 0.717) is 21.5 Å². The monoisotopic (exact) mass is 301 g/mol. The van der Waals surface area contributed by atoms with Gasteiger partial charge in [-0.2, -0.15) is 0 Å². The van der Waals surface area contributed by atoms with Gasteiger partial charge in [0, 0.05) is 18.2 Å². The summed E-state index contributed by atoms with van der Waals surface area (Å²) in [7, 11) is 0. The van der Waals surface area contributed by atoms with Crippen molar-refractivity contribution < 1.29 is 9.90 Å². The molecule has 5 heteroatoms. The Hall–Kier alpha value is -0.770. The Kier molecular flexibility index (Phi) is 5.08. The van der Waals surface area contributed by atoms with Crippen molar-refractivity contribution in [1.29, 1.82) is 0 Å². The zero-order chi connectivity index (χ0) is 13.8. The van der Waals surface area contributed by atoms with E-state index in [-0.39, 0.29) is 18.6 Å². The quantitative estimate of drug-likeness (QED) is 0.900. The summed E-state index contributed by atoms with van der Waals surface area (Å²) < 4.78 is 0. The average Bonchev–Trinajstić information content (AvgIpc) is 2.42. The lowest BCUT2D eigenvalue weighted by atomic mass is 9.86.